The molecule has 0 unspecified atom stereocenters. The number of carboxylic acid groups (broad SMARTS) is 1. The van der Waals surface area contributed by atoms with Crippen LogP contribution in [0.1, 0.15) is 36.0 Å². The van der Waals surface area contributed by atoms with Crippen molar-refractivity contribution in [2.45, 2.75) is 30.6 Å². The van der Waals surface area contributed by atoms with Crippen molar-refractivity contribution in [3.05, 3.63) is 54.2 Å². The summed E-state index contributed by atoms with van der Waals surface area (Å²) in [6.45, 7) is 0.978. The van der Waals surface area contributed by atoms with E-state index in [0.29, 0.717) is 35.4 Å². The molecular weight excluding hydrogens is 390 g/mol. The summed E-state index contributed by atoms with van der Waals surface area (Å²) in [6, 6.07) is 11.2. The Balaban J connectivity index is 1.83. The maximum absolute atomic E-state index is 13.1. The molecule has 1 saturated heterocycles. The SMILES string of the molecule is O=C(O)c1cc(-c2ccccn2)nc2ccc(S(=O)(=O)N3CCCCCC3)cc12. The molecule has 0 spiro atoms. The van der Waals surface area contributed by atoms with Crippen molar-refractivity contribution in [2.75, 3.05) is 13.1 Å². The highest BCUT2D eigenvalue weighted by Gasteiger charge is 2.26. The van der Waals surface area contributed by atoms with Gasteiger partial charge in [-0.15, -0.1) is 0 Å². The fourth-order valence-corrected chi connectivity index (χ4v) is 5.16. The van der Waals surface area contributed by atoms with Gasteiger partial charge in [-0.05, 0) is 49.2 Å². The van der Waals surface area contributed by atoms with Gasteiger partial charge < -0.3 is 5.11 Å². The van der Waals surface area contributed by atoms with Gasteiger partial charge in [0.25, 0.3) is 0 Å². The van der Waals surface area contributed by atoms with E-state index in [4.69, 9.17) is 0 Å². The van der Waals surface area contributed by atoms with Gasteiger partial charge in [-0.1, -0.05) is 18.9 Å². The lowest BCUT2D eigenvalue weighted by Crippen LogP contribution is -2.31. The molecule has 1 N–H and O–H groups in total. The predicted molar refractivity (Wildman–Crippen MR) is 109 cm³/mol. The molecule has 3 aromatic rings. The third kappa shape index (κ3) is 3.86. The van der Waals surface area contributed by atoms with E-state index in [9.17, 15) is 18.3 Å². The number of hydrogen-bond donors (Lipinski definition) is 1. The molecule has 0 atom stereocenters. The average Bonchev–Trinajstić information content (AvgIpc) is 3.03. The summed E-state index contributed by atoms with van der Waals surface area (Å²) in [5, 5.41) is 10.0. The number of carbonyl (C=O) groups is 1. The first kappa shape index (κ1) is 19.5. The zero-order valence-electron chi connectivity index (χ0n) is 15.8. The average molecular weight is 411 g/mol. The van der Waals surface area contributed by atoms with E-state index in [1.165, 1.54) is 22.5 Å². The van der Waals surface area contributed by atoms with Crippen LogP contribution in [-0.4, -0.2) is 46.9 Å². The van der Waals surface area contributed by atoms with Crippen LogP contribution in [0.5, 0.6) is 0 Å². The number of fused-ring (bicyclic) bond motifs is 1. The number of benzene rings is 1. The van der Waals surface area contributed by atoms with Crippen LogP contribution in [-0.2, 0) is 10.0 Å². The van der Waals surface area contributed by atoms with E-state index in [1.54, 1.807) is 30.5 Å². The molecule has 0 bridgehead atoms. The van der Waals surface area contributed by atoms with Crippen molar-refractivity contribution >= 4 is 26.9 Å². The fourth-order valence-electron chi connectivity index (χ4n) is 3.62. The molecule has 0 saturated carbocycles. The number of aromatic carboxylic acids is 1. The van der Waals surface area contributed by atoms with Crippen LogP contribution in [0.15, 0.2) is 53.6 Å². The Kier molecular flexibility index (Phi) is 5.29. The van der Waals surface area contributed by atoms with E-state index < -0.39 is 16.0 Å². The van der Waals surface area contributed by atoms with E-state index in [-0.39, 0.29) is 10.5 Å². The van der Waals surface area contributed by atoms with Crippen molar-refractivity contribution in [1.82, 2.24) is 14.3 Å². The second-order valence-electron chi connectivity index (χ2n) is 7.07. The van der Waals surface area contributed by atoms with Crippen LogP contribution in [0.25, 0.3) is 22.3 Å². The van der Waals surface area contributed by atoms with Gasteiger partial charge in [0.1, 0.15) is 0 Å². The molecule has 1 aliphatic heterocycles. The first-order valence-electron chi connectivity index (χ1n) is 9.56. The fraction of sp³-hybridized carbons (Fsp3) is 0.286. The van der Waals surface area contributed by atoms with Crippen LogP contribution in [0.2, 0.25) is 0 Å². The molecule has 7 nitrogen and oxygen atoms in total. The highest BCUT2D eigenvalue weighted by atomic mass is 32.2. The zero-order chi connectivity index (χ0) is 20.4. The second-order valence-corrected chi connectivity index (χ2v) is 9.01. The lowest BCUT2D eigenvalue weighted by Gasteiger charge is -2.20. The molecule has 3 heterocycles. The van der Waals surface area contributed by atoms with Crippen molar-refractivity contribution in [3.8, 4) is 11.4 Å². The number of rotatable bonds is 4. The van der Waals surface area contributed by atoms with Crippen LogP contribution in [0, 0.1) is 0 Å². The number of sulfonamides is 1. The van der Waals surface area contributed by atoms with Crippen molar-refractivity contribution in [1.29, 1.82) is 0 Å². The van der Waals surface area contributed by atoms with Gasteiger partial charge in [-0.2, -0.15) is 4.31 Å². The van der Waals surface area contributed by atoms with E-state index >= 15 is 0 Å². The Hall–Kier alpha value is -2.84. The number of carboxylic acids is 1. The summed E-state index contributed by atoms with van der Waals surface area (Å²) in [5.41, 5.74) is 1.40. The highest BCUT2D eigenvalue weighted by Crippen LogP contribution is 2.28. The molecule has 1 fully saturated rings. The van der Waals surface area contributed by atoms with Crippen LogP contribution in [0.3, 0.4) is 0 Å². The number of nitrogens with zero attached hydrogens (tertiary/aromatic N) is 3. The van der Waals surface area contributed by atoms with Crippen LogP contribution in [0.4, 0.5) is 0 Å². The topological polar surface area (TPSA) is 100 Å². The van der Waals surface area contributed by atoms with E-state index in [2.05, 4.69) is 9.97 Å². The summed E-state index contributed by atoms with van der Waals surface area (Å²) in [5.74, 6) is -1.14. The summed E-state index contributed by atoms with van der Waals surface area (Å²) in [4.78, 5) is 20.7. The largest absolute Gasteiger partial charge is 0.478 e. The van der Waals surface area contributed by atoms with Crippen molar-refractivity contribution < 1.29 is 18.3 Å². The molecule has 1 aliphatic rings. The van der Waals surface area contributed by atoms with Crippen molar-refractivity contribution in [2.24, 2.45) is 0 Å². The summed E-state index contributed by atoms with van der Waals surface area (Å²) < 4.78 is 27.7. The summed E-state index contributed by atoms with van der Waals surface area (Å²) in [6.07, 6.45) is 5.32. The molecule has 0 radical (unpaired) electrons. The lowest BCUT2D eigenvalue weighted by atomic mass is 10.1. The molecule has 4 rings (SSSR count). The van der Waals surface area contributed by atoms with Gasteiger partial charge in [-0.25, -0.2) is 18.2 Å². The first-order valence-corrected chi connectivity index (χ1v) is 11.0. The minimum absolute atomic E-state index is 0.00331. The molecule has 0 amide bonds. The molecule has 2 aromatic heterocycles. The van der Waals surface area contributed by atoms with Gasteiger partial charge in [-0.3, -0.25) is 4.98 Å². The third-order valence-electron chi connectivity index (χ3n) is 5.14. The van der Waals surface area contributed by atoms with E-state index in [1.807, 2.05) is 0 Å². The molecule has 1 aromatic carbocycles. The summed E-state index contributed by atoms with van der Waals surface area (Å²) >= 11 is 0. The Morgan fingerprint density at radius 3 is 2.38 bits per heavy atom. The lowest BCUT2D eigenvalue weighted by molar-refractivity contribution is 0.0699. The van der Waals surface area contributed by atoms with Crippen molar-refractivity contribution in [3.63, 3.8) is 0 Å². The smallest absolute Gasteiger partial charge is 0.336 e. The number of pyridine rings is 2. The van der Waals surface area contributed by atoms with Crippen LogP contribution >= 0.6 is 0 Å². The van der Waals surface area contributed by atoms with E-state index in [0.717, 1.165) is 25.7 Å². The zero-order valence-corrected chi connectivity index (χ0v) is 16.6. The quantitative estimate of drug-likeness (QED) is 0.704. The third-order valence-corrected chi connectivity index (χ3v) is 7.04. The normalized spacial score (nSPS) is 15.9. The maximum atomic E-state index is 13.1. The molecular formula is C21H21N3O4S. The van der Waals surface area contributed by atoms with Gasteiger partial charge in [0.05, 0.1) is 27.4 Å². The van der Waals surface area contributed by atoms with Gasteiger partial charge in [0, 0.05) is 24.7 Å². The molecule has 0 aliphatic carbocycles. The van der Waals surface area contributed by atoms with Crippen LogP contribution < -0.4 is 0 Å². The molecule has 150 valence electrons. The Bertz CT molecular complexity index is 1160. The molecule has 8 heteroatoms. The second kappa shape index (κ2) is 7.88. The first-order chi connectivity index (χ1) is 14.0. The maximum Gasteiger partial charge on any atom is 0.336 e. The van der Waals surface area contributed by atoms with Gasteiger partial charge in [0.15, 0.2) is 0 Å². The molecule has 29 heavy (non-hydrogen) atoms. The van der Waals surface area contributed by atoms with Gasteiger partial charge in [0.2, 0.25) is 10.0 Å². The number of aromatic nitrogens is 2. The Morgan fingerprint density at radius 2 is 1.72 bits per heavy atom. The standard InChI is InChI=1S/C21H21N3O4S/c25-21(26)17-14-20(19-7-3-4-10-22-19)23-18-9-8-15(13-16(17)18)29(27,28)24-11-5-1-2-6-12-24/h3-4,7-10,13-14H,1-2,5-6,11-12H2,(H,25,26). The minimum Gasteiger partial charge on any atom is -0.478 e. The monoisotopic (exact) mass is 411 g/mol. The summed E-state index contributed by atoms with van der Waals surface area (Å²) in [7, 11) is -3.68. The Morgan fingerprint density at radius 1 is 0.966 bits per heavy atom. The highest BCUT2D eigenvalue weighted by molar-refractivity contribution is 7.89. The predicted octanol–water partition coefficient (Wildman–Crippen LogP) is 3.56. The number of hydrogen-bond acceptors (Lipinski definition) is 5. The minimum atomic E-state index is -3.68. The van der Waals surface area contributed by atoms with Gasteiger partial charge >= 0.3 is 5.97 Å². The Labute approximate surface area is 169 Å².